The average Bonchev–Trinajstić information content (AvgIpc) is 2.73. The highest BCUT2D eigenvalue weighted by Gasteiger charge is 2.17. The van der Waals surface area contributed by atoms with Crippen LogP contribution in [0.2, 0.25) is 0 Å². The maximum Gasteiger partial charge on any atom is 0.339 e. The van der Waals surface area contributed by atoms with Crippen LogP contribution in [0.4, 0.5) is 5.00 Å². The molecule has 3 N–H and O–H groups in total. The van der Waals surface area contributed by atoms with E-state index in [0.717, 1.165) is 17.4 Å². The molecule has 0 aliphatic carbocycles. The van der Waals surface area contributed by atoms with E-state index in [0.29, 0.717) is 4.88 Å². The first kappa shape index (κ1) is 13.0. The van der Waals surface area contributed by atoms with Crippen LogP contribution in [-0.4, -0.2) is 28.3 Å². The lowest BCUT2D eigenvalue weighted by atomic mass is 10.1. The SMILES string of the molecule is NCC(=O)C(=Cc1ccc([N+](=O)[O-])s1)C(=O)O. The number of ketones is 1. The predicted molar refractivity (Wildman–Crippen MR) is 60.6 cm³/mol. The van der Waals surface area contributed by atoms with Gasteiger partial charge in [-0.1, -0.05) is 11.3 Å². The molecule has 1 aromatic rings. The van der Waals surface area contributed by atoms with Crippen molar-refractivity contribution in [3.63, 3.8) is 0 Å². The summed E-state index contributed by atoms with van der Waals surface area (Å²) in [5.74, 6) is -2.13. The van der Waals surface area contributed by atoms with Crippen molar-refractivity contribution in [2.45, 2.75) is 0 Å². The molecule has 1 rings (SSSR count). The Kier molecular flexibility index (Phi) is 4.07. The Morgan fingerprint density at radius 2 is 2.18 bits per heavy atom. The first-order valence-electron chi connectivity index (χ1n) is 4.38. The van der Waals surface area contributed by atoms with E-state index in [2.05, 4.69) is 0 Å². The number of thiophene rings is 1. The fourth-order valence-electron chi connectivity index (χ4n) is 1.03. The topological polar surface area (TPSA) is 124 Å². The summed E-state index contributed by atoms with van der Waals surface area (Å²) in [4.78, 5) is 32.1. The van der Waals surface area contributed by atoms with Crippen LogP contribution in [0.3, 0.4) is 0 Å². The second-order valence-electron chi connectivity index (χ2n) is 2.92. The van der Waals surface area contributed by atoms with Crippen LogP contribution in [0.15, 0.2) is 17.7 Å². The molecular weight excluding hydrogens is 248 g/mol. The van der Waals surface area contributed by atoms with Crippen molar-refractivity contribution in [2.75, 3.05) is 6.54 Å². The fraction of sp³-hybridized carbons (Fsp3) is 0.111. The van der Waals surface area contributed by atoms with Crippen LogP contribution in [0, 0.1) is 10.1 Å². The van der Waals surface area contributed by atoms with E-state index in [1.54, 1.807) is 0 Å². The van der Waals surface area contributed by atoms with E-state index < -0.39 is 28.8 Å². The number of rotatable bonds is 5. The molecule has 8 heteroatoms. The van der Waals surface area contributed by atoms with Gasteiger partial charge in [0.1, 0.15) is 5.57 Å². The molecule has 7 nitrogen and oxygen atoms in total. The van der Waals surface area contributed by atoms with Gasteiger partial charge < -0.3 is 10.8 Å². The summed E-state index contributed by atoms with van der Waals surface area (Å²) < 4.78 is 0. The van der Waals surface area contributed by atoms with Crippen LogP contribution >= 0.6 is 11.3 Å². The van der Waals surface area contributed by atoms with Gasteiger partial charge in [0.05, 0.1) is 11.5 Å². The van der Waals surface area contributed by atoms with E-state index in [4.69, 9.17) is 10.8 Å². The average molecular weight is 256 g/mol. The number of nitrogens with zero attached hydrogens (tertiary/aromatic N) is 1. The lowest BCUT2D eigenvalue weighted by molar-refractivity contribution is -0.380. The number of hydrogen-bond donors (Lipinski definition) is 2. The van der Waals surface area contributed by atoms with Crippen molar-refractivity contribution in [1.82, 2.24) is 0 Å². The van der Waals surface area contributed by atoms with E-state index in [1.807, 2.05) is 0 Å². The molecule has 17 heavy (non-hydrogen) atoms. The van der Waals surface area contributed by atoms with Gasteiger partial charge in [-0.15, -0.1) is 0 Å². The smallest absolute Gasteiger partial charge is 0.339 e. The fourth-order valence-corrected chi connectivity index (χ4v) is 1.80. The number of carboxylic acid groups (broad SMARTS) is 1. The minimum absolute atomic E-state index is 0.124. The standard InChI is InChI=1S/C9H8N2O5S/c10-4-7(12)6(9(13)14)3-5-1-2-8(17-5)11(15)16/h1-3H,4,10H2,(H,13,14). The number of aliphatic carboxylic acids is 1. The zero-order chi connectivity index (χ0) is 13.0. The second-order valence-corrected chi connectivity index (χ2v) is 4.02. The molecule has 0 atom stereocenters. The Balaban J connectivity index is 3.09. The molecule has 0 saturated carbocycles. The highest BCUT2D eigenvalue weighted by molar-refractivity contribution is 7.16. The molecule has 0 amide bonds. The molecule has 0 aliphatic rings. The van der Waals surface area contributed by atoms with Crippen LogP contribution in [0.1, 0.15) is 4.88 Å². The number of carboxylic acids is 1. The Labute approximate surface area is 99.3 Å². The molecule has 0 aliphatic heterocycles. The van der Waals surface area contributed by atoms with Crippen molar-refractivity contribution in [1.29, 1.82) is 0 Å². The number of carbonyl (C=O) groups is 2. The van der Waals surface area contributed by atoms with Gasteiger partial charge in [-0.05, 0) is 12.1 Å². The number of nitro groups is 1. The highest BCUT2D eigenvalue weighted by Crippen LogP contribution is 2.25. The number of carbonyl (C=O) groups excluding carboxylic acids is 1. The summed E-state index contributed by atoms with van der Waals surface area (Å²) in [6.07, 6.45) is 1.08. The van der Waals surface area contributed by atoms with Gasteiger partial charge in [0, 0.05) is 10.9 Å². The third kappa shape index (κ3) is 3.20. The summed E-state index contributed by atoms with van der Waals surface area (Å²) in [5.41, 5.74) is 4.58. The molecule has 1 aromatic heterocycles. The summed E-state index contributed by atoms with van der Waals surface area (Å²) >= 11 is 0.783. The zero-order valence-electron chi connectivity index (χ0n) is 8.45. The van der Waals surface area contributed by atoms with E-state index in [1.165, 1.54) is 12.1 Å². The Bertz CT molecular complexity index is 505. The molecule has 0 saturated heterocycles. The minimum atomic E-state index is -1.41. The maximum absolute atomic E-state index is 11.2. The Morgan fingerprint density at radius 3 is 2.59 bits per heavy atom. The van der Waals surface area contributed by atoms with Crippen LogP contribution in [-0.2, 0) is 9.59 Å². The summed E-state index contributed by atoms with van der Waals surface area (Å²) in [6, 6.07) is 2.61. The Morgan fingerprint density at radius 1 is 1.53 bits per heavy atom. The molecule has 1 heterocycles. The van der Waals surface area contributed by atoms with Crippen LogP contribution in [0.25, 0.3) is 6.08 Å². The number of hydrogen-bond acceptors (Lipinski definition) is 6. The van der Waals surface area contributed by atoms with Crippen LogP contribution < -0.4 is 5.73 Å². The first-order valence-corrected chi connectivity index (χ1v) is 5.20. The quantitative estimate of drug-likeness (QED) is 0.262. The van der Waals surface area contributed by atoms with Gasteiger partial charge in [-0.2, -0.15) is 0 Å². The van der Waals surface area contributed by atoms with E-state index in [-0.39, 0.29) is 5.00 Å². The molecule has 0 radical (unpaired) electrons. The van der Waals surface area contributed by atoms with E-state index in [9.17, 15) is 19.7 Å². The predicted octanol–water partition coefficient (Wildman–Crippen LogP) is 0.652. The van der Waals surface area contributed by atoms with Crippen molar-refractivity contribution in [3.8, 4) is 0 Å². The van der Waals surface area contributed by atoms with Gasteiger partial charge in [0.25, 0.3) is 0 Å². The maximum atomic E-state index is 11.2. The van der Waals surface area contributed by atoms with Crippen LogP contribution in [0.5, 0.6) is 0 Å². The molecule has 0 fully saturated rings. The summed E-state index contributed by atoms with van der Waals surface area (Å²) in [7, 11) is 0. The molecule has 90 valence electrons. The van der Waals surface area contributed by atoms with Crippen molar-refractivity contribution >= 4 is 34.2 Å². The molecular formula is C9H8N2O5S. The first-order chi connectivity index (χ1) is 7.95. The lowest BCUT2D eigenvalue weighted by Crippen LogP contribution is -2.20. The molecule has 0 aromatic carbocycles. The molecule has 0 unspecified atom stereocenters. The van der Waals surface area contributed by atoms with E-state index >= 15 is 0 Å². The van der Waals surface area contributed by atoms with Crippen molar-refractivity contribution < 1.29 is 19.6 Å². The second kappa shape index (κ2) is 5.32. The largest absolute Gasteiger partial charge is 0.478 e. The monoisotopic (exact) mass is 256 g/mol. The zero-order valence-corrected chi connectivity index (χ0v) is 9.27. The van der Waals surface area contributed by atoms with Gasteiger partial charge >= 0.3 is 11.0 Å². The van der Waals surface area contributed by atoms with Gasteiger partial charge in [-0.3, -0.25) is 14.9 Å². The van der Waals surface area contributed by atoms with Gasteiger partial charge in [0.15, 0.2) is 5.78 Å². The normalized spacial score (nSPS) is 11.2. The third-order valence-corrected chi connectivity index (χ3v) is 2.78. The van der Waals surface area contributed by atoms with Crippen molar-refractivity contribution in [2.24, 2.45) is 5.73 Å². The molecule has 0 spiro atoms. The summed E-state index contributed by atoms with van der Waals surface area (Å²) in [6.45, 7) is -0.425. The highest BCUT2D eigenvalue weighted by atomic mass is 32.1. The Hall–Kier alpha value is -2.06. The minimum Gasteiger partial charge on any atom is -0.478 e. The number of nitrogens with two attached hydrogens (primary N) is 1. The van der Waals surface area contributed by atoms with Gasteiger partial charge in [0.2, 0.25) is 0 Å². The third-order valence-electron chi connectivity index (χ3n) is 1.80. The lowest BCUT2D eigenvalue weighted by Gasteiger charge is -1.97. The summed E-state index contributed by atoms with van der Waals surface area (Å²) in [5, 5.41) is 19.1. The van der Waals surface area contributed by atoms with Crippen molar-refractivity contribution in [3.05, 3.63) is 32.7 Å². The number of Topliss-reactive ketones (excluding diaryl/α,β-unsaturated/α-hetero) is 1. The molecule has 0 bridgehead atoms. The van der Waals surface area contributed by atoms with Gasteiger partial charge in [-0.25, -0.2) is 4.79 Å².